The van der Waals surface area contributed by atoms with Crippen LogP contribution in [0.2, 0.25) is 0 Å². The zero-order valence-electron chi connectivity index (χ0n) is 20.2. The van der Waals surface area contributed by atoms with Crippen molar-refractivity contribution in [3.05, 3.63) is 119 Å². The molecule has 0 bridgehead atoms. The maximum Gasteiger partial charge on any atom is 0.196 e. The topological polar surface area (TPSA) is 86.2 Å². The standard InChI is InChI=1S/C34H20N2O2/c35-27-11-9-17-13-19(15-25-21-5-1-3-7-23(21)33(37)31(27)29(17)25)20-14-18-10-12-28(36)32-30(18)26(16-20)22-6-2-4-8-24(22)34(32)38/h1-16H,35-36H2. The number of carbonyl (C=O) groups excluding carboxylic acids is 2. The summed E-state index contributed by atoms with van der Waals surface area (Å²) in [4.78, 5) is 26.8. The molecule has 2 aliphatic rings. The van der Waals surface area contributed by atoms with E-state index in [9.17, 15) is 9.59 Å². The molecule has 6 aromatic carbocycles. The van der Waals surface area contributed by atoms with E-state index in [1.54, 1.807) is 0 Å². The molecule has 0 saturated heterocycles. The van der Waals surface area contributed by atoms with E-state index in [0.717, 1.165) is 54.9 Å². The minimum atomic E-state index is -0.0366. The van der Waals surface area contributed by atoms with Gasteiger partial charge in [-0.1, -0.05) is 60.7 Å². The predicted molar refractivity (Wildman–Crippen MR) is 153 cm³/mol. The Hall–Kier alpha value is -5.22. The molecule has 0 fully saturated rings. The average molecular weight is 489 g/mol. The summed E-state index contributed by atoms with van der Waals surface area (Å²) >= 11 is 0. The number of anilines is 2. The third-order valence-corrected chi connectivity index (χ3v) is 8.01. The van der Waals surface area contributed by atoms with Crippen molar-refractivity contribution in [2.24, 2.45) is 0 Å². The molecule has 4 heteroatoms. The number of nitrogens with two attached hydrogens (primary N) is 2. The van der Waals surface area contributed by atoms with E-state index in [0.29, 0.717) is 33.6 Å². The van der Waals surface area contributed by atoms with Crippen LogP contribution in [0.5, 0.6) is 0 Å². The minimum absolute atomic E-state index is 0.0366. The Balaban J connectivity index is 1.47. The van der Waals surface area contributed by atoms with Crippen LogP contribution < -0.4 is 11.5 Å². The predicted octanol–water partition coefficient (Wildman–Crippen LogP) is 7.25. The molecule has 8 rings (SSSR count). The van der Waals surface area contributed by atoms with Crippen LogP contribution in [-0.4, -0.2) is 11.6 Å². The van der Waals surface area contributed by atoms with Crippen LogP contribution in [0.15, 0.2) is 97.1 Å². The van der Waals surface area contributed by atoms with Gasteiger partial charge in [0.15, 0.2) is 11.6 Å². The lowest BCUT2D eigenvalue weighted by Crippen LogP contribution is -2.13. The third kappa shape index (κ3) is 2.58. The Bertz CT molecular complexity index is 1940. The molecule has 38 heavy (non-hydrogen) atoms. The third-order valence-electron chi connectivity index (χ3n) is 8.01. The fraction of sp³-hybridized carbons (Fsp3) is 0. The molecule has 6 aromatic rings. The molecule has 178 valence electrons. The highest BCUT2D eigenvalue weighted by molar-refractivity contribution is 6.30. The van der Waals surface area contributed by atoms with Crippen molar-refractivity contribution in [3.63, 3.8) is 0 Å². The highest BCUT2D eigenvalue weighted by Gasteiger charge is 2.29. The van der Waals surface area contributed by atoms with Gasteiger partial charge in [-0.2, -0.15) is 0 Å². The van der Waals surface area contributed by atoms with E-state index in [4.69, 9.17) is 11.5 Å². The molecule has 0 saturated carbocycles. The SMILES string of the molecule is Nc1ccc2cc(-c3cc4c5c(c(N)ccc5c3)C(=O)c3ccccc3-4)cc3c2c1C(=O)c1ccccc1-3. The molecule has 0 spiro atoms. The van der Waals surface area contributed by atoms with Crippen LogP contribution >= 0.6 is 0 Å². The maximum atomic E-state index is 13.4. The number of rotatable bonds is 1. The van der Waals surface area contributed by atoms with Gasteiger partial charge in [-0.05, 0) is 80.6 Å². The quantitative estimate of drug-likeness (QED) is 0.238. The van der Waals surface area contributed by atoms with Crippen molar-refractivity contribution < 1.29 is 9.59 Å². The molecular formula is C34H20N2O2. The first-order valence-corrected chi connectivity index (χ1v) is 12.5. The molecular weight excluding hydrogens is 468 g/mol. The number of benzene rings is 6. The second kappa shape index (κ2) is 7.17. The monoisotopic (exact) mass is 488 g/mol. The Morgan fingerprint density at radius 3 is 1.24 bits per heavy atom. The molecule has 4 nitrogen and oxygen atoms in total. The number of carbonyl (C=O) groups is 2. The summed E-state index contributed by atoms with van der Waals surface area (Å²) < 4.78 is 0. The van der Waals surface area contributed by atoms with Gasteiger partial charge >= 0.3 is 0 Å². The van der Waals surface area contributed by atoms with Gasteiger partial charge in [0.1, 0.15) is 0 Å². The van der Waals surface area contributed by atoms with E-state index in [1.807, 2.05) is 72.8 Å². The number of ketones is 2. The van der Waals surface area contributed by atoms with Crippen molar-refractivity contribution in [3.8, 4) is 33.4 Å². The second-order valence-electron chi connectivity index (χ2n) is 10.1. The van der Waals surface area contributed by atoms with Crippen molar-refractivity contribution in [2.45, 2.75) is 0 Å². The van der Waals surface area contributed by atoms with Gasteiger partial charge in [0.05, 0.1) is 11.1 Å². The highest BCUT2D eigenvalue weighted by Crippen LogP contribution is 2.47. The first-order valence-electron chi connectivity index (χ1n) is 12.5. The molecule has 0 atom stereocenters. The lowest BCUT2D eigenvalue weighted by molar-refractivity contribution is 0.103. The first kappa shape index (κ1) is 20.9. The Morgan fingerprint density at radius 2 is 0.816 bits per heavy atom. The number of hydrogen-bond donors (Lipinski definition) is 2. The van der Waals surface area contributed by atoms with Crippen LogP contribution in [-0.2, 0) is 0 Å². The molecule has 4 N–H and O–H groups in total. The minimum Gasteiger partial charge on any atom is -0.398 e. The van der Waals surface area contributed by atoms with Gasteiger partial charge < -0.3 is 11.5 Å². The van der Waals surface area contributed by atoms with E-state index < -0.39 is 0 Å². The summed E-state index contributed by atoms with van der Waals surface area (Å²) in [5.74, 6) is -0.0732. The van der Waals surface area contributed by atoms with Gasteiger partial charge in [-0.25, -0.2) is 0 Å². The molecule has 0 aliphatic heterocycles. The van der Waals surface area contributed by atoms with Gasteiger partial charge in [0.25, 0.3) is 0 Å². The average Bonchev–Trinajstić information content (AvgIpc) is 2.95. The number of fused-ring (bicyclic) bond motifs is 4. The van der Waals surface area contributed by atoms with E-state index in [1.165, 1.54) is 0 Å². The van der Waals surface area contributed by atoms with E-state index in [-0.39, 0.29) is 11.6 Å². The lowest BCUT2D eigenvalue weighted by Gasteiger charge is -2.24. The van der Waals surface area contributed by atoms with Crippen LogP contribution in [0.4, 0.5) is 11.4 Å². The number of nitrogen functional groups attached to an aromatic ring is 2. The lowest BCUT2D eigenvalue weighted by atomic mass is 9.79. The molecule has 0 amide bonds. The second-order valence-corrected chi connectivity index (χ2v) is 10.1. The Morgan fingerprint density at radius 1 is 0.421 bits per heavy atom. The van der Waals surface area contributed by atoms with Crippen molar-refractivity contribution in [1.82, 2.24) is 0 Å². The Labute approximate surface area is 218 Å². The Kier molecular flexibility index (Phi) is 3.95. The van der Waals surface area contributed by atoms with E-state index in [2.05, 4.69) is 24.3 Å². The zero-order valence-corrected chi connectivity index (χ0v) is 20.2. The molecule has 0 aromatic heterocycles. The molecule has 2 aliphatic carbocycles. The van der Waals surface area contributed by atoms with Gasteiger partial charge in [0.2, 0.25) is 0 Å². The molecule has 0 unspecified atom stereocenters. The summed E-state index contributed by atoms with van der Waals surface area (Å²) in [6, 6.07) is 31.6. The van der Waals surface area contributed by atoms with E-state index >= 15 is 0 Å². The first-order chi connectivity index (χ1) is 18.5. The van der Waals surface area contributed by atoms with Crippen LogP contribution in [0.25, 0.3) is 54.9 Å². The van der Waals surface area contributed by atoms with Crippen LogP contribution in [0.3, 0.4) is 0 Å². The van der Waals surface area contributed by atoms with Gasteiger partial charge in [-0.3, -0.25) is 9.59 Å². The van der Waals surface area contributed by atoms with Crippen molar-refractivity contribution >= 4 is 44.5 Å². The van der Waals surface area contributed by atoms with Crippen molar-refractivity contribution in [2.75, 3.05) is 11.5 Å². The van der Waals surface area contributed by atoms with Crippen LogP contribution in [0.1, 0.15) is 31.8 Å². The maximum absolute atomic E-state index is 13.4. The molecule has 0 heterocycles. The number of hydrogen-bond acceptors (Lipinski definition) is 4. The summed E-state index contributed by atoms with van der Waals surface area (Å²) in [5.41, 5.74) is 22.0. The van der Waals surface area contributed by atoms with Crippen LogP contribution in [0, 0.1) is 0 Å². The fourth-order valence-electron chi connectivity index (χ4n) is 6.31. The summed E-state index contributed by atoms with van der Waals surface area (Å²) in [7, 11) is 0. The summed E-state index contributed by atoms with van der Waals surface area (Å²) in [6.07, 6.45) is 0. The van der Waals surface area contributed by atoms with Gasteiger partial charge in [-0.15, -0.1) is 0 Å². The van der Waals surface area contributed by atoms with Crippen molar-refractivity contribution in [1.29, 1.82) is 0 Å². The zero-order chi connectivity index (χ0) is 25.7. The van der Waals surface area contributed by atoms with Gasteiger partial charge in [0, 0.05) is 33.3 Å². The summed E-state index contributed by atoms with van der Waals surface area (Å²) in [6.45, 7) is 0. The normalized spacial score (nSPS) is 13.1. The largest absolute Gasteiger partial charge is 0.398 e. The highest BCUT2D eigenvalue weighted by atomic mass is 16.1. The summed E-state index contributed by atoms with van der Waals surface area (Å²) in [5, 5.41) is 3.72. The molecule has 0 radical (unpaired) electrons. The smallest absolute Gasteiger partial charge is 0.196 e. The fourth-order valence-corrected chi connectivity index (χ4v) is 6.31.